The topological polar surface area (TPSA) is 62.0 Å². The van der Waals surface area contributed by atoms with Crippen LogP contribution in [-0.4, -0.2) is 19.9 Å². The Balaban J connectivity index is 1.86. The van der Waals surface area contributed by atoms with Crippen molar-refractivity contribution in [1.29, 1.82) is 0 Å². The SMILES string of the molecule is Cc1ccc(S(=O)(=O)NCC(C)(C)c2c[nH]c3ccc(F)cc23)s1. The predicted octanol–water partition coefficient (Wildman–Crippen LogP) is 3.93. The largest absolute Gasteiger partial charge is 0.361 e. The van der Waals surface area contributed by atoms with Gasteiger partial charge >= 0.3 is 0 Å². The summed E-state index contributed by atoms with van der Waals surface area (Å²) in [6.07, 6.45) is 1.81. The molecule has 0 amide bonds. The molecule has 0 fully saturated rings. The number of hydrogen-bond acceptors (Lipinski definition) is 3. The summed E-state index contributed by atoms with van der Waals surface area (Å²) < 4.78 is 41.4. The van der Waals surface area contributed by atoms with Gasteiger partial charge in [-0.2, -0.15) is 0 Å². The predicted molar refractivity (Wildman–Crippen MR) is 95.5 cm³/mol. The van der Waals surface area contributed by atoms with Gasteiger partial charge in [-0.25, -0.2) is 17.5 Å². The fourth-order valence-electron chi connectivity index (χ4n) is 2.65. The number of sulfonamides is 1. The zero-order valence-corrected chi connectivity index (χ0v) is 15.3. The Morgan fingerprint density at radius 3 is 2.67 bits per heavy atom. The highest BCUT2D eigenvalue weighted by Gasteiger charge is 2.27. The van der Waals surface area contributed by atoms with Crippen molar-refractivity contribution < 1.29 is 12.8 Å². The van der Waals surface area contributed by atoms with Crippen LogP contribution < -0.4 is 4.72 Å². The highest BCUT2D eigenvalue weighted by atomic mass is 32.2. The molecule has 128 valence electrons. The highest BCUT2D eigenvalue weighted by molar-refractivity contribution is 7.91. The first-order chi connectivity index (χ1) is 11.2. The van der Waals surface area contributed by atoms with Gasteiger partial charge in [0.1, 0.15) is 10.0 Å². The molecule has 24 heavy (non-hydrogen) atoms. The van der Waals surface area contributed by atoms with Crippen molar-refractivity contribution in [2.75, 3.05) is 6.54 Å². The number of rotatable bonds is 5. The van der Waals surface area contributed by atoms with Gasteiger partial charge in [-0.05, 0) is 42.8 Å². The normalized spacial score (nSPS) is 12.8. The number of fused-ring (bicyclic) bond motifs is 1. The van der Waals surface area contributed by atoms with E-state index in [1.807, 2.05) is 27.0 Å². The Bertz CT molecular complexity index is 987. The molecule has 0 radical (unpaired) electrons. The average Bonchev–Trinajstić information content (AvgIpc) is 3.12. The minimum atomic E-state index is -3.54. The molecule has 0 saturated heterocycles. The lowest BCUT2D eigenvalue weighted by Gasteiger charge is -2.24. The molecule has 0 spiro atoms. The van der Waals surface area contributed by atoms with Crippen molar-refractivity contribution in [2.24, 2.45) is 0 Å². The number of halogens is 1. The number of aromatic amines is 1. The molecule has 7 heteroatoms. The lowest BCUT2D eigenvalue weighted by atomic mass is 9.85. The molecule has 1 aromatic carbocycles. The molecule has 3 rings (SSSR count). The summed E-state index contributed by atoms with van der Waals surface area (Å²) in [4.78, 5) is 4.06. The van der Waals surface area contributed by atoms with Crippen LogP contribution in [0.15, 0.2) is 40.7 Å². The van der Waals surface area contributed by atoms with E-state index < -0.39 is 15.4 Å². The minimum absolute atomic E-state index is 0.218. The molecule has 2 N–H and O–H groups in total. The summed E-state index contributed by atoms with van der Waals surface area (Å²) in [5.41, 5.74) is 1.21. The van der Waals surface area contributed by atoms with Crippen LogP contribution in [0.2, 0.25) is 0 Å². The standard InChI is InChI=1S/C17H19FN2O2S2/c1-11-4-7-16(23-11)24(21,22)20-10-17(2,3)14-9-19-15-6-5-12(18)8-13(14)15/h4-9,19-20H,10H2,1-3H3. The van der Waals surface area contributed by atoms with Gasteiger partial charge in [-0.1, -0.05) is 13.8 Å². The number of benzene rings is 1. The molecule has 0 aliphatic carbocycles. The molecule has 2 aromatic heterocycles. The van der Waals surface area contributed by atoms with Crippen LogP contribution in [0.4, 0.5) is 4.39 Å². The van der Waals surface area contributed by atoms with Crippen LogP contribution in [0.5, 0.6) is 0 Å². The first kappa shape index (κ1) is 17.1. The quantitative estimate of drug-likeness (QED) is 0.719. The lowest BCUT2D eigenvalue weighted by molar-refractivity contribution is 0.505. The summed E-state index contributed by atoms with van der Waals surface area (Å²) in [6, 6.07) is 7.95. The third-order valence-electron chi connectivity index (χ3n) is 4.06. The van der Waals surface area contributed by atoms with E-state index in [1.54, 1.807) is 18.2 Å². The average molecular weight is 366 g/mol. The van der Waals surface area contributed by atoms with Crippen LogP contribution in [0, 0.1) is 12.7 Å². The summed E-state index contributed by atoms with van der Waals surface area (Å²) in [7, 11) is -3.54. The van der Waals surface area contributed by atoms with Gasteiger partial charge in [0.2, 0.25) is 10.0 Å². The van der Waals surface area contributed by atoms with Crippen molar-refractivity contribution in [2.45, 2.75) is 30.4 Å². The van der Waals surface area contributed by atoms with Crippen LogP contribution in [0.25, 0.3) is 10.9 Å². The maximum Gasteiger partial charge on any atom is 0.250 e. The van der Waals surface area contributed by atoms with E-state index in [2.05, 4.69) is 9.71 Å². The molecule has 0 atom stereocenters. The molecule has 0 aliphatic heterocycles. The highest BCUT2D eigenvalue weighted by Crippen LogP contribution is 2.31. The smallest absolute Gasteiger partial charge is 0.250 e. The lowest BCUT2D eigenvalue weighted by Crippen LogP contribution is -2.36. The molecule has 2 heterocycles. The van der Waals surface area contributed by atoms with Gasteiger partial charge in [-0.15, -0.1) is 11.3 Å². The van der Waals surface area contributed by atoms with Gasteiger partial charge in [0.15, 0.2) is 0 Å². The van der Waals surface area contributed by atoms with Crippen molar-refractivity contribution in [1.82, 2.24) is 9.71 Å². The van der Waals surface area contributed by atoms with Gasteiger partial charge < -0.3 is 4.98 Å². The van der Waals surface area contributed by atoms with Crippen molar-refractivity contribution in [3.05, 3.63) is 52.8 Å². The zero-order chi connectivity index (χ0) is 17.5. The Kier molecular flexibility index (Phi) is 4.27. The van der Waals surface area contributed by atoms with E-state index in [1.165, 1.54) is 23.5 Å². The van der Waals surface area contributed by atoms with Gasteiger partial charge in [0.05, 0.1) is 0 Å². The molecular weight excluding hydrogens is 347 g/mol. The molecule has 3 aromatic rings. The molecule has 0 saturated carbocycles. The number of aromatic nitrogens is 1. The third-order valence-corrected chi connectivity index (χ3v) is 6.95. The van der Waals surface area contributed by atoms with Crippen LogP contribution >= 0.6 is 11.3 Å². The molecular formula is C17H19FN2O2S2. The monoisotopic (exact) mass is 366 g/mol. The Hall–Kier alpha value is -1.70. The van der Waals surface area contributed by atoms with Gasteiger partial charge in [-0.3, -0.25) is 0 Å². The summed E-state index contributed by atoms with van der Waals surface area (Å²) in [5.74, 6) is -0.311. The minimum Gasteiger partial charge on any atom is -0.361 e. The van der Waals surface area contributed by atoms with Crippen LogP contribution in [0.1, 0.15) is 24.3 Å². The fourth-order valence-corrected chi connectivity index (χ4v) is 5.19. The number of thiophene rings is 1. The number of aryl methyl sites for hydroxylation is 1. The fraction of sp³-hybridized carbons (Fsp3) is 0.294. The van der Waals surface area contributed by atoms with E-state index in [-0.39, 0.29) is 12.4 Å². The third kappa shape index (κ3) is 3.24. The van der Waals surface area contributed by atoms with Gasteiger partial charge in [0, 0.05) is 33.9 Å². The zero-order valence-electron chi connectivity index (χ0n) is 13.7. The first-order valence-electron chi connectivity index (χ1n) is 7.52. The Morgan fingerprint density at radius 2 is 2.00 bits per heavy atom. The van der Waals surface area contributed by atoms with E-state index in [0.29, 0.717) is 4.21 Å². The maximum atomic E-state index is 13.6. The van der Waals surface area contributed by atoms with Crippen molar-refractivity contribution >= 4 is 32.3 Å². The van der Waals surface area contributed by atoms with E-state index >= 15 is 0 Å². The Labute approximate surface area is 144 Å². The van der Waals surface area contributed by atoms with E-state index in [9.17, 15) is 12.8 Å². The van der Waals surface area contributed by atoms with E-state index in [0.717, 1.165) is 21.3 Å². The number of nitrogens with one attached hydrogen (secondary N) is 2. The molecule has 0 aliphatic rings. The second kappa shape index (κ2) is 5.98. The van der Waals surface area contributed by atoms with E-state index in [4.69, 9.17) is 0 Å². The molecule has 4 nitrogen and oxygen atoms in total. The second-order valence-corrected chi connectivity index (χ2v) is 9.75. The second-order valence-electron chi connectivity index (χ2n) is 6.47. The summed E-state index contributed by atoms with van der Waals surface area (Å²) >= 11 is 1.24. The molecule has 0 bridgehead atoms. The molecule has 0 unspecified atom stereocenters. The van der Waals surface area contributed by atoms with Crippen molar-refractivity contribution in [3.8, 4) is 0 Å². The first-order valence-corrected chi connectivity index (χ1v) is 9.82. The summed E-state index contributed by atoms with van der Waals surface area (Å²) in [5, 5.41) is 0.770. The number of H-pyrrole nitrogens is 1. The summed E-state index contributed by atoms with van der Waals surface area (Å²) in [6.45, 7) is 5.95. The Morgan fingerprint density at radius 1 is 1.25 bits per heavy atom. The van der Waals surface area contributed by atoms with Crippen molar-refractivity contribution in [3.63, 3.8) is 0 Å². The van der Waals surface area contributed by atoms with Crippen LogP contribution in [-0.2, 0) is 15.4 Å². The maximum absolute atomic E-state index is 13.6. The van der Waals surface area contributed by atoms with Crippen LogP contribution in [0.3, 0.4) is 0 Å². The number of hydrogen-bond donors (Lipinski definition) is 2. The van der Waals surface area contributed by atoms with Gasteiger partial charge in [0.25, 0.3) is 0 Å².